The molecule has 2 saturated heterocycles. The first kappa shape index (κ1) is 25.4. The number of urea groups is 1. The van der Waals surface area contributed by atoms with Gasteiger partial charge in [0.05, 0.1) is 30.4 Å². The maximum atomic E-state index is 15.0. The van der Waals surface area contributed by atoms with Crippen LogP contribution in [-0.2, 0) is 27.9 Å². The van der Waals surface area contributed by atoms with E-state index < -0.39 is 58.8 Å². The molecule has 9 nitrogen and oxygen atoms in total. The lowest BCUT2D eigenvalue weighted by molar-refractivity contribution is -0.0359. The Bertz CT molecular complexity index is 1480. The molecule has 3 aromatic rings. The number of hydrogen-bond acceptors (Lipinski definition) is 6. The van der Waals surface area contributed by atoms with E-state index in [2.05, 4.69) is 5.16 Å². The van der Waals surface area contributed by atoms with Gasteiger partial charge in [-0.1, -0.05) is 11.2 Å². The molecule has 0 unspecified atom stereocenters. The lowest BCUT2D eigenvalue weighted by Gasteiger charge is -2.23. The zero-order valence-electron chi connectivity index (χ0n) is 19.7. The van der Waals surface area contributed by atoms with E-state index in [-0.39, 0.29) is 40.9 Å². The van der Waals surface area contributed by atoms with Gasteiger partial charge in [-0.2, -0.15) is 0 Å². The first-order valence-corrected chi connectivity index (χ1v) is 13.0. The van der Waals surface area contributed by atoms with Crippen LogP contribution in [0.5, 0.6) is 0 Å². The van der Waals surface area contributed by atoms with Crippen molar-refractivity contribution in [2.24, 2.45) is 0 Å². The number of methoxy groups -OCH3 is 1. The third-order valence-corrected chi connectivity index (χ3v) is 7.23. The predicted molar refractivity (Wildman–Crippen MR) is 123 cm³/mol. The molecule has 1 aromatic heterocycles. The van der Waals surface area contributed by atoms with E-state index in [9.17, 15) is 30.8 Å². The minimum absolute atomic E-state index is 0.117. The molecule has 0 bridgehead atoms. The summed E-state index contributed by atoms with van der Waals surface area (Å²) in [6.07, 6.45) is 0.768. The van der Waals surface area contributed by atoms with Crippen molar-refractivity contribution in [2.45, 2.75) is 31.2 Å². The summed E-state index contributed by atoms with van der Waals surface area (Å²) in [6, 6.07) is 2.47. The molecular weight excluding hydrogens is 520 g/mol. The van der Waals surface area contributed by atoms with Gasteiger partial charge in [-0.3, -0.25) is 0 Å². The smallest absolute Gasteiger partial charge is 0.321 e. The number of fused-ring (bicyclic) bond motifs is 2. The summed E-state index contributed by atoms with van der Waals surface area (Å²) in [5, 5.41) is 4.21. The van der Waals surface area contributed by atoms with Crippen molar-refractivity contribution < 1.29 is 40.0 Å². The molecule has 0 radical (unpaired) electrons. The Balaban J connectivity index is 1.51. The topological polar surface area (TPSA) is 105 Å². The second kappa shape index (κ2) is 8.96. The molecule has 0 spiro atoms. The second-order valence-corrected chi connectivity index (χ2v) is 10.9. The summed E-state index contributed by atoms with van der Waals surface area (Å²) in [5.41, 5.74) is 0.644. The number of rotatable bonds is 7. The zero-order valence-corrected chi connectivity index (χ0v) is 20.5. The fourth-order valence-electron chi connectivity index (χ4n) is 4.98. The van der Waals surface area contributed by atoms with Crippen LogP contribution in [0.4, 0.5) is 22.4 Å². The van der Waals surface area contributed by atoms with Crippen LogP contribution in [0.25, 0.3) is 22.1 Å². The fourth-order valence-corrected chi connectivity index (χ4v) is 5.72. The van der Waals surface area contributed by atoms with E-state index in [1.54, 1.807) is 6.07 Å². The molecule has 2 aliphatic heterocycles. The summed E-state index contributed by atoms with van der Waals surface area (Å²) >= 11 is 0. The van der Waals surface area contributed by atoms with E-state index in [1.165, 1.54) is 19.2 Å². The van der Waals surface area contributed by atoms with Crippen molar-refractivity contribution in [2.75, 3.05) is 26.5 Å². The summed E-state index contributed by atoms with van der Waals surface area (Å²) < 4.78 is 94.9. The Morgan fingerprint density at radius 3 is 2.54 bits per heavy atom. The predicted octanol–water partition coefficient (Wildman–Crippen LogP) is 3.09. The molecular formula is C23H22F4N4O5S. The van der Waals surface area contributed by atoms with E-state index in [0.29, 0.717) is 5.56 Å². The number of carbonyl (C=O) groups is 1. The monoisotopic (exact) mass is 542 g/mol. The average molecular weight is 543 g/mol. The highest BCUT2D eigenvalue weighted by Gasteiger charge is 2.62. The van der Waals surface area contributed by atoms with Crippen molar-refractivity contribution in [1.82, 2.24) is 19.7 Å². The largest absolute Gasteiger partial charge is 0.380 e. The second-order valence-electron chi connectivity index (χ2n) is 9.12. The van der Waals surface area contributed by atoms with Gasteiger partial charge in [0.2, 0.25) is 10.0 Å². The molecule has 2 fully saturated rings. The first-order valence-electron chi connectivity index (χ1n) is 11.2. The summed E-state index contributed by atoms with van der Waals surface area (Å²) in [5.74, 6) is -5.18. The van der Waals surface area contributed by atoms with E-state index >= 15 is 0 Å². The van der Waals surface area contributed by atoms with Crippen LogP contribution in [-0.4, -0.2) is 73.9 Å². The van der Waals surface area contributed by atoms with Gasteiger partial charge in [-0.25, -0.2) is 35.5 Å². The third kappa shape index (κ3) is 4.42. The number of carbonyl (C=O) groups excluding carboxylic acids is 1. The van der Waals surface area contributed by atoms with E-state index in [0.717, 1.165) is 28.2 Å². The highest BCUT2D eigenvalue weighted by molar-refractivity contribution is 7.88. The number of aromatic nitrogens is 1. The number of sulfonamides is 1. The summed E-state index contributed by atoms with van der Waals surface area (Å²) in [7, 11) is -2.47. The number of amides is 2. The molecule has 3 heterocycles. The van der Waals surface area contributed by atoms with Crippen LogP contribution < -0.4 is 4.72 Å². The van der Waals surface area contributed by atoms with Gasteiger partial charge in [0.1, 0.15) is 29.4 Å². The van der Waals surface area contributed by atoms with Crippen molar-refractivity contribution in [3.63, 3.8) is 0 Å². The quantitative estimate of drug-likeness (QED) is 0.460. The zero-order chi connectivity index (χ0) is 26.7. The lowest BCUT2D eigenvalue weighted by atomic mass is 9.96. The third-order valence-electron chi connectivity index (χ3n) is 6.52. The normalized spacial score (nSPS) is 21.3. The Hall–Kier alpha value is -3.23. The molecule has 2 aliphatic rings. The fraction of sp³-hybridized carbons (Fsp3) is 0.391. The number of hydrogen-bond donors (Lipinski definition) is 1. The molecule has 37 heavy (non-hydrogen) atoms. The van der Waals surface area contributed by atoms with Crippen molar-refractivity contribution >= 4 is 27.0 Å². The van der Waals surface area contributed by atoms with Gasteiger partial charge in [0.15, 0.2) is 5.58 Å². The maximum absolute atomic E-state index is 15.0. The van der Waals surface area contributed by atoms with Crippen LogP contribution in [0.1, 0.15) is 11.3 Å². The minimum Gasteiger partial charge on any atom is -0.380 e. The van der Waals surface area contributed by atoms with Crippen molar-refractivity contribution in [1.29, 1.82) is 0 Å². The maximum Gasteiger partial charge on any atom is 0.321 e. The number of ether oxygens (including phenoxy) is 1. The van der Waals surface area contributed by atoms with Gasteiger partial charge in [-0.05, 0) is 29.8 Å². The van der Waals surface area contributed by atoms with E-state index in [4.69, 9.17) is 9.26 Å². The van der Waals surface area contributed by atoms with Crippen molar-refractivity contribution in [3.05, 3.63) is 53.2 Å². The molecule has 198 valence electrons. The number of nitrogens with zero attached hydrogens (tertiary/aromatic N) is 3. The Kier molecular flexibility index (Phi) is 6.15. The molecule has 14 heteroatoms. The molecule has 2 amide bonds. The Morgan fingerprint density at radius 2 is 1.92 bits per heavy atom. The average Bonchev–Trinajstić information content (AvgIpc) is 3.41. The van der Waals surface area contributed by atoms with Crippen LogP contribution in [0.2, 0.25) is 0 Å². The number of halogens is 4. The highest BCUT2D eigenvalue weighted by Crippen LogP contribution is 2.41. The molecule has 0 aliphatic carbocycles. The minimum atomic E-state index is -3.93. The van der Waals surface area contributed by atoms with Crippen LogP contribution in [0, 0.1) is 11.6 Å². The number of benzene rings is 2. The number of alkyl halides is 2. The first-order chi connectivity index (χ1) is 17.4. The molecule has 2 aromatic carbocycles. The Morgan fingerprint density at radius 1 is 1.22 bits per heavy atom. The Labute approximate surface area is 209 Å². The van der Waals surface area contributed by atoms with Gasteiger partial charge >= 0.3 is 6.03 Å². The van der Waals surface area contributed by atoms with Gasteiger partial charge in [0.25, 0.3) is 5.92 Å². The summed E-state index contributed by atoms with van der Waals surface area (Å²) in [6.45, 7) is -1.07. The van der Waals surface area contributed by atoms with Gasteiger partial charge < -0.3 is 19.1 Å². The van der Waals surface area contributed by atoms with E-state index in [1.807, 2.05) is 4.72 Å². The SMILES string of the molecule is COCc1cc(-c2c(F)cccc2F)c2c(CN3C[C@H]4N(C[C@@H](NS(C)(=O)=O)C4(F)F)C3=O)noc2c1. The lowest BCUT2D eigenvalue weighted by Crippen LogP contribution is -2.50. The standard InChI is InChI=1S/C23H22F4N4O5S/c1-35-11-12-6-13(20-14(24)4-3-5-15(20)25)21-16(28-36-17(21)7-12)8-30-10-19-23(26,27)18(29-37(2,33)34)9-31(19)22(30)32/h3-7,18-19,29H,8-11H2,1-2H3/t18-,19-/m1/s1. The van der Waals surface area contributed by atoms with Gasteiger partial charge in [0, 0.05) is 25.8 Å². The summed E-state index contributed by atoms with van der Waals surface area (Å²) in [4.78, 5) is 15.0. The van der Waals surface area contributed by atoms with Crippen LogP contribution in [0.3, 0.4) is 0 Å². The molecule has 2 atom stereocenters. The molecule has 5 rings (SSSR count). The van der Waals surface area contributed by atoms with Crippen LogP contribution >= 0.6 is 0 Å². The number of nitrogens with one attached hydrogen (secondary N) is 1. The molecule has 0 saturated carbocycles. The van der Waals surface area contributed by atoms with Gasteiger partial charge in [-0.15, -0.1) is 0 Å². The highest BCUT2D eigenvalue weighted by atomic mass is 32.2. The molecule has 1 N–H and O–H groups in total. The van der Waals surface area contributed by atoms with Crippen molar-refractivity contribution in [3.8, 4) is 11.1 Å². The van der Waals surface area contributed by atoms with Crippen LogP contribution in [0.15, 0.2) is 34.9 Å².